The minimum absolute atomic E-state index is 0.0952. The third-order valence-corrected chi connectivity index (χ3v) is 6.84. The van der Waals surface area contributed by atoms with Crippen molar-refractivity contribution in [3.63, 3.8) is 0 Å². The zero-order valence-corrected chi connectivity index (χ0v) is 15.8. The minimum Gasteiger partial charge on any atom is -0.327 e. The lowest BCUT2D eigenvalue weighted by molar-refractivity contribution is -0.122. The Morgan fingerprint density at radius 1 is 1.23 bits per heavy atom. The summed E-state index contributed by atoms with van der Waals surface area (Å²) in [5.41, 5.74) is 7.18. The maximum Gasteiger partial charge on any atom is 0.227 e. The van der Waals surface area contributed by atoms with E-state index >= 15 is 0 Å². The van der Waals surface area contributed by atoms with E-state index in [1.54, 1.807) is 18.1 Å². The Labute approximate surface area is 157 Å². The molecule has 2 saturated carbocycles. The molecule has 26 heavy (non-hydrogen) atoms. The van der Waals surface area contributed by atoms with Gasteiger partial charge in [0.1, 0.15) is 6.33 Å². The van der Waals surface area contributed by atoms with Crippen LogP contribution in [0.5, 0.6) is 0 Å². The Bertz CT molecular complexity index is 760. The van der Waals surface area contributed by atoms with Crippen LogP contribution in [0.3, 0.4) is 0 Å². The molecular formula is C19H25N5OS. The van der Waals surface area contributed by atoms with Crippen molar-refractivity contribution in [1.29, 1.82) is 0 Å². The van der Waals surface area contributed by atoms with Crippen molar-refractivity contribution >= 4 is 23.4 Å². The van der Waals surface area contributed by atoms with Crippen LogP contribution in [0.15, 0.2) is 40.6 Å². The Hall–Kier alpha value is -1.86. The monoisotopic (exact) mass is 371 g/mol. The third-order valence-electron chi connectivity index (χ3n) is 5.78. The molecule has 0 aliphatic heterocycles. The summed E-state index contributed by atoms with van der Waals surface area (Å²) in [4.78, 5) is 13.8. The molecule has 1 amide bonds. The molecule has 7 heteroatoms. The van der Waals surface area contributed by atoms with Gasteiger partial charge in [-0.15, -0.1) is 10.2 Å². The molecule has 2 aliphatic carbocycles. The van der Waals surface area contributed by atoms with E-state index in [1.807, 2.05) is 35.9 Å². The van der Waals surface area contributed by atoms with Gasteiger partial charge in [-0.2, -0.15) is 0 Å². The van der Waals surface area contributed by atoms with Crippen LogP contribution >= 0.6 is 11.8 Å². The van der Waals surface area contributed by atoms with E-state index in [-0.39, 0.29) is 11.8 Å². The maximum absolute atomic E-state index is 12.7. The molecule has 2 unspecified atom stereocenters. The number of nitrogens with two attached hydrogens (primary N) is 1. The highest BCUT2D eigenvalue weighted by atomic mass is 32.2. The first-order valence-corrected chi connectivity index (χ1v) is 10.1. The van der Waals surface area contributed by atoms with Gasteiger partial charge in [-0.05, 0) is 73.5 Å². The molecule has 0 radical (unpaired) electrons. The Kier molecular flexibility index (Phi) is 5.00. The average molecular weight is 372 g/mol. The number of amides is 1. The van der Waals surface area contributed by atoms with Crippen LogP contribution in [-0.2, 0) is 11.8 Å². The molecule has 0 saturated heterocycles. The topological polar surface area (TPSA) is 85.8 Å². The first-order valence-electron chi connectivity index (χ1n) is 9.28. The number of carbonyl (C=O) groups excluding carboxylic acids is 1. The molecule has 2 fully saturated rings. The van der Waals surface area contributed by atoms with Crippen LogP contribution in [0.1, 0.15) is 32.1 Å². The number of nitrogens with zero attached hydrogens (tertiary/aromatic N) is 3. The zero-order valence-electron chi connectivity index (χ0n) is 15.0. The molecule has 1 heterocycles. The zero-order chi connectivity index (χ0) is 18.1. The molecule has 6 nitrogen and oxygen atoms in total. The van der Waals surface area contributed by atoms with Gasteiger partial charge in [0.2, 0.25) is 5.91 Å². The molecule has 0 spiro atoms. The Morgan fingerprint density at radius 2 is 1.92 bits per heavy atom. The second kappa shape index (κ2) is 7.40. The fraction of sp³-hybridized carbons (Fsp3) is 0.526. The normalized spacial score (nSPS) is 27.9. The van der Waals surface area contributed by atoms with Gasteiger partial charge in [-0.25, -0.2) is 0 Å². The molecule has 1 aromatic carbocycles. The predicted molar refractivity (Wildman–Crippen MR) is 102 cm³/mol. The number of nitrogens with one attached hydrogen (secondary N) is 1. The first kappa shape index (κ1) is 17.5. The predicted octanol–water partition coefficient (Wildman–Crippen LogP) is 3.06. The number of fused-ring (bicyclic) bond motifs is 2. The van der Waals surface area contributed by atoms with E-state index in [4.69, 9.17) is 5.73 Å². The number of carbonyl (C=O) groups is 1. The first-order chi connectivity index (χ1) is 12.6. The van der Waals surface area contributed by atoms with Crippen molar-refractivity contribution in [1.82, 2.24) is 14.8 Å². The van der Waals surface area contributed by atoms with Crippen molar-refractivity contribution in [3.05, 3.63) is 30.6 Å². The van der Waals surface area contributed by atoms with Gasteiger partial charge < -0.3 is 15.6 Å². The third kappa shape index (κ3) is 3.64. The standard InChI is InChI=1S/C19H25N5OS/c1-24-11-21-23-19(24)26-16-7-5-15(6-8-16)22-18(25)14-9-12-3-2-4-13(10-14)17(12)20/h5-8,11-14,17H,2-4,9-10,20H2,1H3,(H,22,25). The number of hydrogen-bond acceptors (Lipinski definition) is 5. The van der Waals surface area contributed by atoms with Crippen molar-refractivity contribution < 1.29 is 4.79 Å². The minimum atomic E-state index is 0.0952. The van der Waals surface area contributed by atoms with Crippen molar-refractivity contribution in [2.45, 2.75) is 48.2 Å². The number of benzene rings is 1. The largest absolute Gasteiger partial charge is 0.327 e. The fourth-order valence-corrected chi connectivity index (χ4v) is 5.09. The molecule has 2 atom stereocenters. The highest BCUT2D eigenvalue weighted by Crippen LogP contribution is 2.42. The van der Waals surface area contributed by atoms with Gasteiger partial charge in [0.05, 0.1) is 0 Å². The van der Waals surface area contributed by atoms with Crippen LogP contribution in [0, 0.1) is 17.8 Å². The van der Waals surface area contributed by atoms with E-state index in [9.17, 15) is 4.79 Å². The van der Waals surface area contributed by atoms with Gasteiger partial charge in [0.25, 0.3) is 0 Å². The van der Waals surface area contributed by atoms with E-state index in [1.165, 1.54) is 19.3 Å². The lowest BCUT2D eigenvalue weighted by Gasteiger charge is -2.43. The molecule has 138 valence electrons. The number of anilines is 1. The van der Waals surface area contributed by atoms with Crippen LogP contribution in [0.25, 0.3) is 0 Å². The molecule has 3 N–H and O–H groups in total. The van der Waals surface area contributed by atoms with Gasteiger partial charge >= 0.3 is 0 Å². The highest BCUT2D eigenvalue weighted by molar-refractivity contribution is 7.99. The number of hydrogen-bond donors (Lipinski definition) is 2. The second-order valence-corrected chi connectivity index (χ2v) is 8.58. The summed E-state index contributed by atoms with van der Waals surface area (Å²) in [7, 11) is 1.92. The lowest BCUT2D eigenvalue weighted by atomic mass is 9.65. The van der Waals surface area contributed by atoms with Crippen molar-refractivity contribution in [2.24, 2.45) is 30.5 Å². The fourth-order valence-electron chi connectivity index (χ4n) is 4.32. The average Bonchev–Trinajstić information content (AvgIpc) is 3.01. The summed E-state index contributed by atoms with van der Waals surface area (Å²) < 4.78 is 1.88. The molecule has 1 aromatic heterocycles. The summed E-state index contributed by atoms with van der Waals surface area (Å²) in [5.74, 6) is 1.27. The van der Waals surface area contributed by atoms with Gasteiger partial charge in [-0.3, -0.25) is 4.79 Å². The summed E-state index contributed by atoms with van der Waals surface area (Å²) in [6, 6.07) is 8.20. The van der Waals surface area contributed by atoms with Gasteiger partial charge in [0, 0.05) is 29.6 Å². The molecular weight excluding hydrogens is 346 g/mol. The smallest absolute Gasteiger partial charge is 0.227 e. The summed E-state index contributed by atoms with van der Waals surface area (Å²) in [6.45, 7) is 0. The summed E-state index contributed by atoms with van der Waals surface area (Å²) in [5, 5.41) is 11.9. The molecule has 2 aromatic rings. The van der Waals surface area contributed by atoms with Crippen molar-refractivity contribution in [3.8, 4) is 0 Å². The highest BCUT2D eigenvalue weighted by Gasteiger charge is 2.40. The molecule has 4 rings (SSSR count). The Balaban J connectivity index is 1.36. The quantitative estimate of drug-likeness (QED) is 0.863. The SMILES string of the molecule is Cn1cnnc1Sc1ccc(NC(=O)C2CC3CCCC(C2)C3N)cc1. The lowest BCUT2D eigenvalue weighted by Crippen LogP contribution is -2.48. The number of rotatable bonds is 4. The van der Waals surface area contributed by atoms with E-state index < -0.39 is 0 Å². The number of aryl methyl sites for hydroxylation is 1. The van der Waals surface area contributed by atoms with E-state index in [0.29, 0.717) is 17.9 Å². The number of aromatic nitrogens is 3. The van der Waals surface area contributed by atoms with E-state index in [2.05, 4.69) is 15.5 Å². The Morgan fingerprint density at radius 3 is 2.54 bits per heavy atom. The van der Waals surface area contributed by atoms with Gasteiger partial charge in [-0.1, -0.05) is 6.42 Å². The van der Waals surface area contributed by atoms with Crippen LogP contribution < -0.4 is 11.1 Å². The van der Waals surface area contributed by atoms with Gasteiger partial charge in [0.15, 0.2) is 5.16 Å². The molecule has 2 bridgehead atoms. The van der Waals surface area contributed by atoms with Crippen LogP contribution in [0.2, 0.25) is 0 Å². The maximum atomic E-state index is 12.7. The summed E-state index contributed by atoms with van der Waals surface area (Å²) >= 11 is 1.55. The summed E-state index contributed by atoms with van der Waals surface area (Å²) in [6.07, 6.45) is 7.17. The molecule has 2 aliphatic rings. The van der Waals surface area contributed by atoms with E-state index in [0.717, 1.165) is 28.6 Å². The van der Waals surface area contributed by atoms with Crippen LogP contribution in [0.4, 0.5) is 5.69 Å². The van der Waals surface area contributed by atoms with Crippen molar-refractivity contribution in [2.75, 3.05) is 5.32 Å². The second-order valence-electron chi connectivity index (χ2n) is 7.54. The van der Waals surface area contributed by atoms with Crippen LogP contribution in [-0.4, -0.2) is 26.7 Å².